The lowest BCUT2D eigenvalue weighted by Crippen LogP contribution is -2.70. The van der Waals surface area contributed by atoms with Crippen molar-refractivity contribution in [3.8, 4) is 0 Å². The van der Waals surface area contributed by atoms with Gasteiger partial charge in [0.2, 0.25) is 5.91 Å². The molecule has 1 aliphatic carbocycles. The maximum absolute atomic E-state index is 12.3. The lowest BCUT2D eigenvalue weighted by Gasteiger charge is -2.51. The molecule has 150 valence electrons. The third-order valence-corrected chi connectivity index (χ3v) is 4.15. The van der Waals surface area contributed by atoms with Crippen molar-refractivity contribution in [1.82, 2.24) is 10.6 Å². The number of methoxy groups -OCH3 is 1. The molecule has 0 saturated heterocycles. The van der Waals surface area contributed by atoms with Crippen LogP contribution < -0.4 is 10.6 Å². The molecule has 1 unspecified atom stereocenters. The molecule has 1 rings (SSSR count). The number of carbonyl (C=O) groups is 3. The predicted molar refractivity (Wildman–Crippen MR) is 95.5 cm³/mol. The number of ether oxygens (including phenoxy) is 3. The fourth-order valence-corrected chi connectivity index (χ4v) is 3.01. The lowest BCUT2D eigenvalue weighted by atomic mass is 9.64. The molecule has 1 fully saturated rings. The summed E-state index contributed by atoms with van der Waals surface area (Å²) in [5.41, 5.74) is -1.49. The van der Waals surface area contributed by atoms with E-state index in [9.17, 15) is 14.4 Å². The summed E-state index contributed by atoms with van der Waals surface area (Å²) < 4.78 is 15.8. The summed E-state index contributed by atoms with van der Waals surface area (Å²) in [6.07, 6.45) is 0.0402. The Bertz CT molecular complexity index is 520. The molecule has 0 aliphatic heterocycles. The molecule has 0 spiro atoms. The van der Waals surface area contributed by atoms with Gasteiger partial charge in [0.05, 0.1) is 37.3 Å². The van der Waals surface area contributed by atoms with Gasteiger partial charge in [-0.2, -0.15) is 0 Å². The first-order valence-corrected chi connectivity index (χ1v) is 8.86. The predicted octanol–water partition coefficient (Wildman–Crippen LogP) is 1.76. The van der Waals surface area contributed by atoms with E-state index in [1.807, 2.05) is 13.8 Å². The van der Waals surface area contributed by atoms with Crippen LogP contribution >= 0.6 is 0 Å². The van der Waals surface area contributed by atoms with Gasteiger partial charge in [-0.1, -0.05) is 0 Å². The summed E-state index contributed by atoms with van der Waals surface area (Å²) in [5.74, 6) is -0.919. The van der Waals surface area contributed by atoms with Gasteiger partial charge in [-0.25, -0.2) is 4.79 Å². The number of amides is 2. The van der Waals surface area contributed by atoms with E-state index in [0.29, 0.717) is 12.8 Å². The van der Waals surface area contributed by atoms with E-state index in [2.05, 4.69) is 10.6 Å². The SMILES string of the molecule is COC(=O)C1CC(NC(=O)OC(C)(C)C)(C(COC(C)C)NC(C)=O)C1. The summed E-state index contributed by atoms with van der Waals surface area (Å²) in [6.45, 7) is 10.7. The Morgan fingerprint density at radius 1 is 1.19 bits per heavy atom. The topological polar surface area (TPSA) is 103 Å². The first kappa shape index (κ1) is 22.2. The monoisotopic (exact) mass is 372 g/mol. The van der Waals surface area contributed by atoms with Crippen LogP contribution in [-0.2, 0) is 23.8 Å². The van der Waals surface area contributed by atoms with Gasteiger partial charge in [0.1, 0.15) is 5.60 Å². The van der Waals surface area contributed by atoms with Crippen molar-refractivity contribution in [3.63, 3.8) is 0 Å². The van der Waals surface area contributed by atoms with Crippen LogP contribution in [0, 0.1) is 5.92 Å². The van der Waals surface area contributed by atoms with Crippen molar-refractivity contribution < 1.29 is 28.6 Å². The molecule has 0 bridgehead atoms. The average molecular weight is 372 g/mol. The van der Waals surface area contributed by atoms with Gasteiger partial charge < -0.3 is 24.8 Å². The molecule has 1 atom stereocenters. The molecule has 1 aliphatic rings. The first-order valence-electron chi connectivity index (χ1n) is 8.86. The van der Waals surface area contributed by atoms with Gasteiger partial charge in [0.15, 0.2) is 0 Å². The molecule has 8 heteroatoms. The highest BCUT2D eigenvalue weighted by molar-refractivity contribution is 5.77. The van der Waals surface area contributed by atoms with Crippen LogP contribution in [0.3, 0.4) is 0 Å². The molecule has 8 nitrogen and oxygen atoms in total. The number of rotatable bonds is 7. The van der Waals surface area contributed by atoms with Gasteiger partial charge in [0, 0.05) is 6.92 Å². The van der Waals surface area contributed by atoms with Crippen LogP contribution in [0.2, 0.25) is 0 Å². The van der Waals surface area contributed by atoms with E-state index in [-0.39, 0.29) is 30.5 Å². The number of alkyl carbamates (subject to hydrolysis) is 1. The zero-order valence-corrected chi connectivity index (χ0v) is 16.8. The summed E-state index contributed by atoms with van der Waals surface area (Å²) in [6, 6.07) is -0.490. The highest BCUT2D eigenvalue weighted by atomic mass is 16.6. The van der Waals surface area contributed by atoms with E-state index >= 15 is 0 Å². The Morgan fingerprint density at radius 2 is 1.77 bits per heavy atom. The average Bonchev–Trinajstić information content (AvgIpc) is 2.43. The zero-order valence-electron chi connectivity index (χ0n) is 16.8. The smallest absolute Gasteiger partial charge is 0.408 e. The van der Waals surface area contributed by atoms with E-state index in [1.54, 1.807) is 20.8 Å². The fourth-order valence-electron chi connectivity index (χ4n) is 3.01. The van der Waals surface area contributed by atoms with Crippen LogP contribution in [-0.4, -0.2) is 55.0 Å². The van der Waals surface area contributed by atoms with Crippen LogP contribution in [0.4, 0.5) is 4.79 Å². The Hall–Kier alpha value is -1.83. The molecule has 0 aromatic carbocycles. The second-order valence-electron chi connectivity index (χ2n) is 8.05. The van der Waals surface area contributed by atoms with E-state index < -0.39 is 23.3 Å². The molecule has 26 heavy (non-hydrogen) atoms. The van der Waals surface area contributed by atoms with Gasteiger partial charge in [-0.05, 0) is 47.5 Å². The normalized spacial score (nSPS) is 23.6. The number of hydrogen-bond donors (Lipinski definition) is 2. The Morgan fingerprint density at radius 3 is 2.19 bits per heavy atom. The second kappa shape index (κ2) is 8.70. The highest BCUT2D eigenvalue weighted by Crippen LogP contribution is 2.41. The number of nitrogens with one attached hydrogen (secondary N) is 2. The zero-order chi connectivity index (χ0) is 20.1. The van der Waals surface area contributed by atoms with Gasteiger partial charge in [0.25, 0.3) is 0 Å². The van der Waals surface area contributed by atoms with Crippen LogP contribution in [0.1, 0.15) is 54.4 Å². The fraction of sp³-hybridized carbons (Fsp3) is 0.833. The minimum atomic E-state index is -0.832. The molecule has 0 aromatic heterocycles. The van der Waals surface area contributed by atoms with Crippen molar-refractivity contribution in [1.29, 1.82) is 0 Å². The summed E-state index contributed by atoms with van der Waals surface area (Å²) in [4.78, 5) is 35.8. The molecular formula is C18H32N2O6. The van der Waals surface area contributed by atoms with Crippen molar-refractivity contribution in [3.05, 3.63) is 0 Å². The second-order valence-corrected chi connectivity index (χ2v) is 8.05. The van der Waals surface area contributed by atoms with Crippen LogP contribution in [0.25, 0.3) is 0 Å². The van der Waals surface area contributed by atoms with E-state index in [0.717, 1.165) is 0 Å². The quantitative estimate of drug-likeness (QED) is 0.660. The van der Waals surface area contributed by atoms with Crippen LogP contribution in [0.15, 0.2) is 0 Å². The van der Waals surface area contributed by atoms with Crippen molar-refractivity contribution in [2.45, 2.75) is 77.7 Å². The van der Waals surface area contributed by atoms with Crippen molar-refractivity contribution >= 4 is 18.0 Å². The maximum Gasteiger partial charge on any atom is 0.408 e. The molecular weight excluding hydrogens is 340 g/mol. The highest BCUT2D eigenvalue weighted by Gasteiger charge is 2.54. The van der Waals surface area contributed by atoms with Gasteiger partial charge in [-0.3, -0.25) is 9.59 Å². The molecule has 2 N–H and O–H groups in total. The van der Waals surface area contributed by atoms with E-state index in [1.165, 1.54) is 14.0 Å². The van der Waals surface area contributed by atoms with Crippen LogP contribution in [0.5, 0.6) is 0 Å². The number of carbonyl (C=O) groups excluding carboxylic acids is 3. The molecule has 1 saturated carbocycles. The minimum Gasteiger partial charge on any atom is -0.469 e. The van der Waals surface area contributed by atoms with Crippen molar-refractivity contribution in [2.75, 3.05) is 13.7 Å². The Balaban J connectivity index is 2.99. The molecule has 2 amide bonds. The molecule has 0 radical (unpaired) electrons. The van der Waals surface area contributed by atoms with Gasteiger partial charge in [-0.15, -0.1) is 0 Å². The Kier molecular flexibility index (Phi) is 7.44. The number of esters is 1. The lowest BCUT2D eigenvalue weighted by molar-refractivity contribution is -0.153. The largest absolute Gasteiger partial charge is 0.469 e. The Labute approximate surface area is 155 Å². The molecule has 0 aromatic rings. The summed E-state index contributed by atoms with van der Waals surface area (Å²) in [5, 5.41) is 5.70. The maximum atomic E-state index is 12.3. The van der Waals surface area contributed by atoms with E-state index in [4.69, 9.17) is 14.2 Å². The van der Waals surface area contributed by atoms with Crippen molar-refractivity contribution in [2.24, 2.45) is 5.92 Å². The van der Waals surface area contributed by atoms with Gasteiger partial charge >= 0.3 is 12.1 Å². The summed E-state index contributed by atoms with van der Waals surface area (Å²) >= 11 is 0. The standard InChI is InChI=1S/C18H32N2O6/c1-11(2)25-10-14(19-12(3)21)18(8-13(9-18)15(22)24-7)20-16(23)26-17(4,5)6/h11,13-14H,8-10H2,1-7H3,(H,19,21)(H,20,23). The third kappa shape index (κ3) is 6.48. The molecule has 0 heterocycles. The minimum absolute atomic E-state index is 0.0404. The first-order chi connectivity index (χ1) is 11.9. The third-order valence-electron chi connectivity index (χ3n) is 4.15. The number of hydrogen-bond acceptors (Lipinski definition) is 6. The summed E-state index contributed by atoms with van der Waals surface area (Å²) in [7, 11) is 1.33.